The Morgan fingerprint density at radius 3 is 2.54 bits per heavy atom. The second kappa shape index (κ2) is 7.41. The standard InChI is InChI=1S/C21H26ClN3O3/c1-24(2)20(27)25-11-16(18-15(22)9-6-10-17(18)25)23-19(26)21(12-28-13-21)14-7-4-3-5-8-14/h6,9-11,14H,3-5,7-8,12-13H2,1-2H3,(H,23,26). The molecule has 2 heterocycles. The molecule has 1 aliphatic carbocycles. The van der Waals surface area contributed by atoms with Gasteiger partial charge in [0.1, 0.15) is 0 Å². The maximum Gasteiger partial charge on any atom is 0.328 e. The Bertz CT molecular complexity index is 911. The Kier molecular flexibility index (Phi) is 5.10. The lowest BCUT2D eigenvalue weighted by Crippen LogP contribution is -2.56. The summed E-state index contributed by atoms with van der Waals surface area (Å²) in [5.41, 5.74) is 0.780. The van der Waals surface area contributed by atoms with Crippen molar-refractivity contribution in [2.24, 2.45) is 11.3 Å². The Labute approximate surface area is 169 Å². The molecule has 1 aromatic heterocycles. The summed E-state index contributed by atoms with van der Waals surface area (Å²) in [5, 5.41) is 4.28. The Morgan fingerprint density at radius 1 is 1.21 bits per heavy atom. The van der Waals surface area contributed by atoms with Gasteiger partial charge in [0.2, 0.25) is 5.91 Å². The van der Waals surface area contributed by atoms with Gasteiger partial charge in [-0.1, -0.05) is 36.9 Å². The fraction of sp³-hybridized carbons (Fsp3) is 0.524. The number of hydrogen-bond donors (Lipinski definition) is 1. The maximum absolute atomic E-state index is 13.3. The first-order chi connectivity index (χ1) is 13.4. The molecule has 1 aliphatic heterocycles. The molecule has 150 valence electrons. The summed E-state index contributed by atoms with van der Waals surface area (Å²) >= 11 is 6.44. The first kappa shape index (κ1) is 19.3. The molecule has 0 atom stereocenters. The molecule has 0 radical (unpaired) electrons. The van der Waals surface area contributed by atoms with Crippen LogP contribution in [0.4, 0.5) is 10.5 Å². The van der Waals surface area contributed by atoms with Gasteiger partial charge in [-0.15, -0.1) is 0 Å². The van der Waals surface area contributed by atoms with Crippen LogP contribution < -0.4 is 5.32 Å². The summed E-state index contributed by atoms with van der Waals surface area (Å²) in [7, 11) is 3.39. The zero-order valence-corrected chi connectivity index (χ0v) is 17.1. The smallest absolute Gasteiger partial charge is 0.328 e. The molecule has 2 amide bonds. The molecule has 7 heteroatoms. The van der Waals surface area contributed by atoms with Crippen molar-refractivity contribution in [3.05, 3.63) is 29.4 Å². The van der Waals surface area contributed by atoms with Gasteiger partial charge in [0.25, 0.3) is 0 Å². The molecule has 1 saturated carbocycles. The molecule has 0 spiro atoms. The van der Waals surface area contributed by atoms with Crippen molar-refractivity contribution in [2.75, 3.05) is 32.6 Å². The number of rotatable bonds is 3. The van der Waals surface area contributed by atoms with Gasteiger partial charge in [0.05, 0.1) is 34.9 Å². The highest BCUT2D eigenvalue weighted by molar-refractivity contribution is 6.37. The third kappa shape index (κ3) is 3.08. The van der Waals surface area contributed by atoms with E-state index in [0.29, 0.717) is 40.7 Å². The highest BCUT2D eigenvalue weighted by Gasteiger charge is 2.51. The summed E-state index contributed by atoms with van der Waals surface area (Å²) in [6, 6.07) is 5.22. The molecule has 1 saturated heterocycles. The summed E-state index contributed by atoms with van der Waals surface area (Å²) in [6.45, 7) is 0.930. The molecular weight excluding hydrogens is 378 g/mol. The number of anilines is 1. The van der Waals surface area contributed by atoms with E-state index in [1.54, 1.807) is 32.4 Å². The SMILES string of the molecule is CN(C)C(=O)n1cc(NC(=O)C2(C3CCCCC3)COC2)c2c(Cl)cccc21. The van der Waals surface area contributed by atoms with Crippen LogP contribution >= 0.6 is 11.6 Å². The quantitative estimate of drug-likeness (QED) is 0.828. The van der Waals surface area contributed by atoms with Crippen molar-refractivity contribution in [1.82, 2.24) is 9.47 Å². The highest BCUT2D eigenvalue weighted by atomic mass is 35.5. The van der Waals surface area contributed by atoms with Crippen LogP contribution in [-0.2, 0) is 9.53 Å². The van der Waals surface area contributed by atoms with Crippen LogP contribution in [0.15, 0.2) is 24.4 Å². The summed E-state index contributed by atoms with van der Waals surface area (Å²) in [6.07, 6.45) is 7.39. The Morgan fingerprint density at radius 2 is 1.93 bits per heavy atom. The molecule has 0 unspecified atom stereocenters. The van der Waals surface area contributed by atoms with E-state index in [1.807, 2.05) is 6.07 Å². The molecule has 1 aromatic carbocycles. The van der Waals surface area contributed by atoms with Crippen molar-refractivity contribution >= 4 is 40.1 Å². The first-order valence-corrected chi connectivity index (χ1v) is 10.2. The average Bonchev–Trinajstić information content (AvgIpc) is 3.00. The van der Waals surface area contributed by atoms with Crippen molar-refractivity contribution < 1.29 is 14.3 Å². The third-order valence-corrected chi connectivity index (χ3v) is 6.49. The minimum Gasteiger partial charge on any atom is -0.379 e. The lowest BCUT2D eigenvalue weighted by atomic mass is 9.66. The number of fused-ring (bicyclic) bond motifs is 1. The molecule has 2 aromatic rings. The van der Waals surface area contributed by atoms with E-state index in [0.717, 1.165) is 12.8 Å². The van der Waals surface area contributed by atoms with Gasteiger partial charge in [0.15, 0.2) is 0 Å². The number of hydrogen-bond acceptors (Lipinski definition) is 3. The normalized spacial score (nSPS) is 19.2. The number of ether oxygens (including phenoxy) is 1. The topological polar surface area (TPSA) is 63.6 Å². The number of carbonyl (C=O) groups excluding carboxylic acids is 2. The molecule has 6 nitrogen and oxygen atoms in total. The zero-order chi connectivity index (χ0) is 19.9. The maximum atomic E-state index is 13.3. The van der Waals surface area contributed by atoms with Gasteiger partial charge < -0.3 is 15.0 Å². The molecule has 4 rings (SSSR count). The van der Waals surface area contributed by atoms with E-state index in [4.69, 9.17) is 16.3 Å². The van der Waals surface area contributed by atoms with E-state index in [9.17, 15) is 9.59 Å². The second-order valence-electron chi connectivity index (χ2n) is 8.16. The van der Waals surface area contributed by atoms with Crippen LogP contribution in [0.25, 0.3) is 10.9 Å². The number of carbonyl (C=O) groups is 2. The summed E-state index contributed by atoms with van der Waals surface area (Å²) in [4.78, 5) is 27.4. The fourth-order valence-electron chi connectivity index (χ4n) is 4.49. The van der Waals surface area contributed by atoms with Gasteiger partial charge >= 0.3 is 6.03 Å². The largest absolute Gasteiger partial charge is 0.379 e. The Balaban J connectivity index is 1.69. The van der Waals surface area contributed by atoms with Gasteiger partial charge in [-0.25, -0.2) is 4.79 Å². The van der Waals surface area contributed by atoms with Crippen LogP contribution in [0.5, 0.6) is 0 Å². The van der Waals surface area contributed by atoms with Crippen LogP contribution in [0.2, 0.25) is 5.02 Å². The van der Waals surface area contributed by atoms with Gasteiger partial charge in [-0.2, -0.15) is 0 Å². The molecule has 0 bridgehead atoms. The number of nitrogens with zero attached hydrogens (tertiary/aromatic N) is 2. The molecule has 28 heavy (non-hydrogen) atoms. The van der Waals surface area contributed by atoms with E-state index in [1.165, 1.54) is 28.7 Å². The van der Waals surface area contributed by atoms with Gasteiger partial charge in [0, 0.05) is 25.7 Å². The van der Waals surface area contributed by atoms with E-state index >= 15 is 0 Å². The number of amides is 2. The molecule has 1 N–H and O–H groups in total. The van der Waals surface area contributed by atoms with E-state index in [2.05, 4.69) is 5.32 Å². The van der Waals surface area contributed by atoms with Gasteiger partial charge in [-0.3, -0.25) is 9.36 Å². The van der Waals surface area contributed by atoms with Crippen LogP contribution in [0, 0.1) is 11.3 Å². The number of nitrogens with one attached hydrogen (secondary N) is 1. The molecule has 2 aliphatic rings. The van der Waals surface area contributed by atoms with Gasteiger partial charge in [-0.05, 0) is 30.9 Å². The average molecular weight is 404 g/mol. The minimum absolute atomic E-state index is 0.0260. The predicted octanol–water partition coefficient (Wildman–Crippen LogP) is 4.36. The third-order valence-electron chi connectivity index (χ3n) is 6.17. The van der Waals surface area contributed by atoms with Crippen LogP contribution in [-0.4, -0.2) is 48.7 Å². The van der Waals surface area contributed by atoms with Crippen molar-refractivity contribution in [3.8, 4) is 0 Å². The van der Waals surface area contributed by atoms with E-state index < -0.39 is 5.41 Å². The highest BCUT2D eigenvalue weighted by Crippen LogP contribution is 2.45. The minimum atomic E-state index is -0.471. The number of aromatic nitrogens is 1. The fourth-order valence-corrected chi connectivity index (χ4v) is 4.76. The van der Waals surface area contributed by atoms with Crippen LogP contribution in [0.1, 0.15) is 32.1 Å². The lowest BCUT2D eigenvalue weighted by Gasteiger charge is -2.47. The number of halogens is 1. The van der Waals surface area contributed by atoms with Crippen molar-refractivity contribution in [2.45, 2.75) is 32.1 Å². The monoisotopic (exact) mass is 403 g/mol. The van der Waals surface area contributed by atoms with Crippen LogP contribution in [0.3, 0.4) is 0 Å². The van der Waals surface area contributed by atoms with E-state index in [-0.39, 0.29) is 11.9 Å². The van der Waals surface area contributed by atoms with Crippen molar-refractivity contribution in [3.63, 3.8) is 0 Å². The number of benzene rings is 1. The predicted molar refractivity (Wildman–Crippen MR) is 110 cm³/mol. The lowest BCUT2D eigenvalue weighted by molar-refractivity contribution is -0.172. The van der Waals surface area contributed by atoms with Crippen molar-refractivity contribution in [1.29, 1.82) is 0 Å². The molecular formula is C21H26ClN3O3. The summed E-state index contributed by atoms with van der Waals surface area (Å²) in [5.74, 6) is 0.323. The second-order valence-corrected chi connectivity index (χ2v) is 8.57. The summed E-state index contributed by atoms with van der Waals surface area (Å²) < 4.78 is 7.01. The Hall–Kier alpha value is -2.05. The molecule has 2 fully saturated rings. The zero-order valence-electron chi connectivity index (χ0n) is 16.3. The first-order valence-electron chi connectivity index (χ1n) is 9.84.